The predicted molar refractivity (Wildman–Crippen MR) is 97.1 cm³/mol. The summed E-state index contributed by atoms with van der Waals surface area (Å²) in [5.74, 6) is -0.0888. The summed E-state index contributed by atoms with van der Waals surface area (Å²) in [5, 5.41) is 16.4. The average Bonchev–Trinajstić information content (AvgIpc) is 3.14. The number of anilines is 2. The lowest BCUT2D eigenvalue weighted by Crippen LogP contribution is -2.52. The summed E-state index contributed by atoms with van der Waals surface area (Å²) < 4.78 is 0. The number of aromatic nitrogens is 1. The van der Waals surface area contributed by atoms with Crippen LogP contribution in [0, 0.1) is 10.1 Å². The maximum absolute atomic E-state index is 12.3. The summed E-state index contributed by atoms with van der Waals surface area (Å²) in [5.41, 5.74) is 0.748. The number of nitrogens with zero attached hydrogens (tertiary/aromatic N) is 4. The summed E-state index contributed by atoms with van der Waals surface area (Å²) in [6, 6.07) is 6.48. The van der Waals surface area contributed by atoms with E-state index in [0.29, 0.717) is 37.0 Å². The third-order valence-electron chi connectivity index (χ3n) is 4.32. The van der Waals surface area contributed by atoms with Crippen LogP contribution in [0.2, 0.25) is 0 Å². The Morgan fingerprint density at radius 3 is 2.68 bits per heavy atom. The molecule has 0 radical (unpaired) electrons. The Morgan fingerprint density at radius 1 is 1.32 bits per heavy atom. The smallest absolute Gasteiger partial charge is 0.292 e. The molecule has 1 aromatic carbocycles. The van der Waals surface area contributed by atoms with Crippen LogP contribution in [0.15, 0.2) is 35.8 Å². The van der Waals surface area contributed by atoms with E-state index < -0.39 is 0 Å². The van der Waals surface area contributed by atoms with Crippen LogP contribution >= 0.6 is 11.3 Å². The molecule has 9 heteroatoms. The van der Waals surface area contributed by atoms with Gasteiger partial charge in [-0.3, -0.25) is 19.8 Å². The van der Waals surface area contributed by atoms with Gasteiger partial charge in [0.05, 0.1) is 11.0 Å². The van der Waals surface area contributed by atoms with Gasteiger partial charge in [0.1, 0.15) is 5.69 Å². The van der Waals surface area contributed by atoms with Gasteiger partial charge >= 0.3 is 0 Å². The first-order valence-electron chi connectivity index (χ1n) is 7.99. The maximum Gasteiger partial charge on any atom is 0.292 e. The van der Waals surface area contributed by atoms with Crippen molar-refractivity contribution in [2.75, 3.05) is 36.4 Å². The standard InChI is InChI=1S/C16H19N5O3S/c1-12(15(22)18-16-17-6-11-25-16)19-7-9-20(10-8-19)13-4-2-3-5-14(13)21(23)24/h2-6,11-12H,7-10H2,1H3,(H,17,18,22). The summed E-state index contributed by atoms with van der Waals surface area (Å²) in [7, 11) is 0. The van der Waals surface area contributed by atoms with E-state index in [-0.39, 0.29) is 22.6 Å². The van der Waals surface area contributed by atoms with Gasteiger partial charge < -0.3 is 10.2 Å². The lowest BCUT2D eigenvalue weighted by molar-refractivity contribution is -0.384. The highest BCUT2D eigenvalue weighted by Gasteiger charge is 2.28. The summed E-state index contributed by atoms with van der Waals surface area (Å²) in [6.45, 7) is 4.47. The van der Waals surface area contributed by atoms with Crippen LogP contribution in [-0.2, 0) is 4.79 Å². The number of nitro benzene ring substituents is 1. The molecule has 0 spiro atoms. The number of benzene rings is 1. The van der Waals surface area contributed by atoms with Crippen molar-refractivity contribution < 1.29 is 9.72 Å². The minimum Gasteiger partial charge on any atom is -0.363 e. The number of carbonyl (C=O) groups excluding carboxylic acids is 1. The van der Waals surface area contributed by atoms with Gasteiger partial charge in [0.2, 0.25) is 5.91 Å². The molecule has 1 amide bonds. The second kappa shape index (κ2) is 7.58. The summed E-state index contributed by atoms with van der Waals surface area (Å²) in [6.07, 6.45) is 1.65. The van der Waals surface area contributed by atoms with Gasteiger partial charge in [0.25, 0.3) is 5.69 Å². The minimum absolute atomic E-state index is 0.0888. The van der Waals surface area contributed by atoms with Crippen molar-refractivity contribution in [3.05, 3.63) is 46.0 Å². The van der Waals surface area contributed by atoms with Crippen LogP contribution in [0.5, 0.6) is 0 Å². The third kappa shape index (κ3) is 3.94. The first-order chi connectivity index (χ1) is 12.1. The monoisotopic (exact) mass is 361 g/mol. The molecule has 1 aliphatic heterocycles. The lowest BCUT2D eigenvalue weighted by Gasteiger charge is -2.38. The molecule has 1 unspecified atom stereocenters. The number of rotatable bonds is 5. The van der Waals surface area contributed by atoms with E-state index >= 15 is 0 Å². The van der Waals surface area contributed by atoms with Gasteiger partial charge in [-0.15, -0.1) is 11.3 Å². The topological polar surface area (TPSA) is 91.6 Å². The quantitative estimate of drug-likeness (QED) is 0.648. The SMILES string of the molecule is CC(C(=O)Nc1nccs1)N1CCN(c2ccccc2[N+](=O)[O-])CC1. The van der Waals surface area contributed by atoms with Crippen LogP contribution in [0.4, 0.5) is 16.5 Å². The van der Waals surface area contributed by atoms with Gasteiger partial charge in [-0.1, -0.05) is 12.1 Å². The Kier molecular flexibility index (Phi) is 5.25. The van der Waals surface area contributed by atoms with Gasteiger partial charge in [-0.25, -0.2) is 4.98 Å². The van der Waals surface area contributed by atoms with Crippen LogP contribution in [-0.4, -0.2) is 52.9 Å². The zero-order chi connectivity index (χ0) is 17.8. The Balaban J connectivity index is 1.60. The van der Waals surface area contributed by atoms with E-state index in [9.17, 15) is 14.9 Å². The minimum atomic E-state index is -0.355. The number of nitrogens with one attached hydrogen (secondary N) is 1. The normalized spacial score (nSPS) is 16.4. The zero-order valence-corrected chi connectivity index (χ0v) is 14.6. The van der Waals surface area contributed by atoms with Crippen LogP contribution in [0.1, 0.15) is 6.92 Å². The first kappa shape index (κ1) is 17.3. The van der Waals surface area contributed by atoms with Gasteiger partial charge in [-0.2, -0.15) is 0 Å². The second-order valence-corrected chi connectivity index (χ2v) is 6.67. The Hall–Kier alpha value is -2.52. The molecule has 0 aliphatic carbocycles. The number of hydrogen-bond acceptors (Lipinski definition) is 7. The third-order valence-corrected chi connectivity index (χ3v) is 5.01. The largest absolute Gasteiger partial charge is 0.363 e. The molecule has 2 aromatic rings. The van der Waals surface area contributed by atoms with E-state index in [1.54, 1.807) is 24.4 Å². The Labute approximate surface area is 149 Å². The van der Waals surface area contributed by atoms with E-state index in [4.69, 9.17) is 0 Å². The highest BCUT2D eigenvalue weighted by Crippen LogP contribution is 2.28. The molecule has 132 valence electrons. The summed E-state index contributed by atoms with van der Waals surface area (Å²) >= 11 is 1.38. The molecular weight excluding hydrogens is 342 g/mol. The van der Waals surface area contributed by atoms with E-state index in [0.717, 1.165) is 0 Å². The van der Waals surface area contributed by atoms with E-state index in [1.165, 1.54) is 17.4 Å². The molecule has 1 saturated heterocycles. The molecule has 8 nitrogen and oxygen atoms in total. The molecule has 2 heterocycles. The second-order valence-electron chi connectivity index (χ2n) is 5.77. The highest BCUT2D eigenvalue weighted by atomic mass is 32.1. The molecule has 0 bridgehead atoms. The van der Waals surface area contributed by atoms with E-state index in [2.05, 4.69) is 15.2 Å². The van der Waals surface area contributed by atoms with Crippen LogP contribution in [0.25, 0.3) is 0 Å². The number of nitro groups is 1. The average molecular weight is 361 g/mol. The first-order valence-corrected chi connectivity index (χ1v) is 8.87. The predicted octanol–water partition coefficient (Wildman–Crippen LogP) is 2.20. The molecule has 1 fully saturated rings. The fourth-order valence-electron chi connectivity index (χ4n) is 2.90. The molecule has 1 atom stereocenters. The fourth-order valence-corrected chi connectivity index (χ4v) is 3.43. The highest BCUT2D eigenvalue weighted by molar-refractivity contribution is 7.13. The van der Waals surface area contributed by atoms with Crippen molar-refractivity contribution in [1.29, 1.82) is 0 Å². The number of carbonyl (C=O) groups is 1. The number of thiazole rings is 1. The van der Waals surface area contributed by atoms with E-state index in [1.807, 2.05) is 17.2 Å². The molecule has 1 aromatic heterocycles. The molecule has 25 heavy (non-hydrogen) atoms. The number of amides is 1. The van der Waals surface area contributed by atoms with Crippen LogP contribution < -0.4 is 10.2 Å². The van der Waals surface area contributed by atoms with Gasteiger partial charge in [0.15, 0.2) is 5.13 Å². The van der Waals surface area contributed by atoms with Gasteiger partial charge in [-0.05, 0) is 13.0 Å². The fraction of sp³-hybridized carbons (Fsp3) is 0.375. The molecule has 1 aliphatic rings. The van der Waals surface area contributed by atoms with Crippen molar-refractivity contribution in [3.63, 3.8) is 0 Å². The maximum atomic E-state index is 12.3. The Morgan fingerprint density at radius 2 is 2.04 bits per heavy atom. The lowest BCUT2D eigenvalue weighted by atomic mass is 10.2. The molecular formula is C16H19N5O3S. The van der Waals surface area contributed by atoms with Crippen molar-refractivity contribution in [3.8, 4) is 0 Å². The van der Waals surface area contributed by atoms with Crippen molar-refractivity contribution in [1.82, 2.24) is 9.88 Å². The number of hydrogen-bond donors (Lipinski definition) is 1. The van der Waals surface area contributed by atoms with Crippen molar-refractivity contribution in [2.24, 2.45) is 0 Å². The zero-order valence-electron chi connectivity index (χ0n) is 13.8. The van der Waals surface area contributed by atoms with Gasteiger partial charge in [0, 0.05) is 43.8 Å². The Bertz CT molecular complexity index is 744. The summed E-state index contributed by atoms with van der Waals surface area (Å²) in [4.78, 5) is 31.3. The number of para-hydroxylation sites is 2. The molecule has 1 N–H and O–H groups in total. The van der Waals surface area contributed by atoms with Crippen molar-refractivity contribution in [2.45, 2.75) is 13.0 Å². The van der Waals surface area contributed by atoms with Crippen molar-refractivity contribution >= 4 is 33.8 Å². The molecule has 3 rings (SSSR count). The van der Waals surface area contributed by atoms with Crippen LogP contribution in [0.3, 0.4) is 0 Å². The number of piperazine rings is 1. The molecule has 0 saturated carbocycles.